The first-order chi connectivity index (χ1) is 12.7. The summed E-state index contributed by atoms with van der Waals surface area (Å²) in [6, 6.07) is 13.3. The number of nitrogens with zero attached hydrogens (tertiary/aromatic N) is 3. The molecule has 1 saturated heterocycles. The van der Waals surface area contributed by atoms with E-state index in [-0.39, 0.29) is 12.0 Å². The number of ether oxygens (including phenoxy) is 1. The number of carbonyl (C=O) groups is 1. The Morgan fingerprint density at radius 3 is 3.00 bits per heavy atom. The summed E-state index contributed by atoms with van der Waals surface area (Å²) in [5.74, 6) is 0.994. The average molecular weight is 369 g/mol. The molecule has 4 rings (SSSR count). The van der Waals surface area contributed by atoms with Gasteiger partial charge >= 0.3 is 0 Å². The highest BCUT2D eigenvalue weighted by atomic mass is 32.2. The summed E-state index contributed by atoms with van der Waals surface area (Å²) in [4.78, 5) is 23.0. The molecule has 0 bridgehead atoms. The molecule has 1 aliphatic rings. The smallest absolute Gasteiger partial charge is 0.257 e. The molecule has 6 nitrogen and oxygen atoms in total. The third-order valence-electron chi connectivity index (χ3n) is 4.24. The molecule has 3 heterocycles. The zero-order valence-corrected chi connectivity index (χ0v) is 15.2. The molecule has 1 unspecified atom stereocenters. The first-order valence-electron chi connectivity index (χ1n) is 8.54. The number of hydrogen-bond acceptors (Lipinski definition) is 6. The Bertz CT molecular complexity index is 894. The molecule has 0 aliphatic carbocycles. The van der Waals surface area contributed by atoms with E-state index in [9.17, 15) is 4.79 Å². The van der Waals surface area contributed by atoms with Crippen molar-refractivity contribution in [2.45, 2.75) is 24.7 Å². The molecule has 134 valence electrons. The molecule has 1 aliphatic heterocycles. The summed E-state index contributed by atoms with van der Waals surface area (Å²) in [6.07, 6.45) is 0.803. The third-order valence-corrected chi connectivity index (χ3v) is 5.05. The molecular weight excluding hydrogens is 350 g/mol. The highest BCUT2D eigenvalue weighted by Crippen LogP contribution is 2.24. The molecule has 0 spiro atoms. The maximum absolute atomic E-state index is 12.5. The normalized spacial score (nSPS) is 17.0. The number of fused-ring (bicyclic) bond motifs is 1. The maximum atomic E-state index is 12.5. The van der Waals surface area contributed by atoms with Gasteiger partial charge < -0.3 is 14.1 Å². The lowest BCUT2D eigenvalue weighted by atomic mass is 10.3. The second kappa shape index (κ2) is 7.37. The van der Waals surface area contributed by atoms with Crippen LogP contribution in [0.3, 0.4) is 0 Å². The van der Waals surface area contributed by atoms with Crippen molar-refractivity contribution in [3.8, 4) is 5.88 Å². The van der Waals surface area contributed by atoms with Crippen LogP contribution in [0.1, 0.15) is 12.1 Å². The highest BCUT2D eigenvalue weighted by Gasteiger charge is 2.28. The van der Waals surface area contributed by atoms with Crippen LogP contribution in [0.4, 0.5) is 0 Å². The fraction of sp³-hybridized carbons (Fsp3) is 0.316. The van der Waals surface area contributed by atoms with Crippen LogP contribution in [-0.4, -0.2) is 45.7 Å². The zero-order chi connectivity index (χ0) is 17.9. The SMILES string of the molecule is Cc1cccc(OC2CCN(C(=O)CSc3nc4ccccc4o3)C2)n1. The van der Waals surface area contributed by atoms with E-state index in [4.69, 9.17) is 9.15 Å². The van der Waals surface area contributed by atoms with Gasteiger partial charge in [-0.2, -0.15) is 0 Å². The number of carbonyl (C=O) groups excluding carboxylic acids is 1. The Labute approximate surface area is 155 Å². The van der Waals surface area contributed by atoms with Gasteiger partial charge in [0.05, 0.1) is 12.3 Å². The summed E-state index contributed by atoms with van der Waals surface area (Å²) < 4.78 is 11.5. The lowest BCUT2D eigenvalue weighted by Crippen LogP contribution is -2.32. The Morgan fingerprint density at radius 2 is 2.15 bits per heavy atom. The molecule has 1 aromatic carbocycles. The van der Waals surface area contributed by atoms with Crippen molar-refractivity contribution < 1.29 is 13.9 Å². The molecule has 0 radical (unpaired) electrons. The number of rotatable bonds is 5. The van der Waals surface area contributed by atoms with Gasteiger partial charge in [-0.05, 0) is 25.1 Å². The van der Waals surface area contributed by atoms with E-state index in [2.05, 4.69) is 9.97 Å². The number of pyridine rings is 1. The zero-order valence-electron chi connectivity index (χ0n) is 14.4. The standard InChI is InChI=1S/C19H19N3O3S/c1-13-5-4-8-17(20-13)24-14-9-10-22(11-14)18(23)12-26-19-21-15-6-2-3-7-16(15)25-19/h2-8,14H,9-12H2,1H3. The number of amides is 1. The van der Waals surface area contributed by atoms with E-state index in [1.54, 1.807) is 0 Å². The lowest BCUT2D eigenvalue weighted by molar-refractivity contribution is -0.127. The van der Waals surface area contributed by atoms with Gasteiger partial charge in [-0.1, -0.05) is 30.0 Å². The van der Waals surface area contributed by atoms with Gasteiger partial charge in [0.15, 0.2) is 5.58 Å². The van der Waals surface area contributed by atoms with Crippen molar-refractivity contribution in [1.29, 1.82) is 0 Å². The number of benzene rings is 1. The Morgan fingerprint density at radius 1 is 1.27 bits per heavy atom. The molecule has 3 aromatic rings. The minimum absolute atomic E-state index is 0.0115. The van der Waals surface area contributed by atoms with Gasteiger partial charge in [0, 0.05) is 24.7 Å². The van der Waals surface area contributed by atoms with E-state index in [1.807, 2.05) is 54.3 Å². The third kappa shape index (κ3) is 3.83. The quantitative estimate of drug-likeness (QED) is 0.643. The summed E-state index contributed by atoms with van der Waals surface area (Å²) in [5, 5.41) is 0.524. The molecule has 1 atom stereocenters. The van der Waals surface area contributed by atoms with Gasteiger partial charge in [-0.3, -0.25) is 4.79 Å². The van der Waals surface area contributed by atoms with Crippen LogP contribution in [0.15, 0.2) is 52.1 Å². The number of likely N-dealkylation sites (tertiary alicyclic amines) is 1. The largest absolute Gasteiger partial charge is 0.472 e. The molecule has 2 aromatic heterocycles. The van der Waals surface area contributed by atoms with Crippen LogP contribution in [0.5, 0.6) is 5.88 Å². The number of hydrogen-bond donors (Lipinski definition) is 0. The van der Waals surface area contributed by atoms with E-state index in [1.165, 1.54) is 11.8 Å². The maximum Gasteiger partial charge on any atom is 0.257 e. The number of aromatic nitrogens is 2. The monoisotopic (exact) mass is 369 g/mol. The molecule has 1 amide bonds. The van der Waals surface area contributed by atoms with Crippen molar-refractivity contribution in [2.75, 3.05) is 18.8 Å². The van der Waals surface area contributed by atoms with E-state index in [0.717, 1.165) is 23.2 Å². The van der Waals surface area contributed by atoms with Crippen molar-refractivity contribution in [2.24, 2.45) is 0 Å². The fourth-order valence-electron chi connectivity index (χ4n) is 2.93. The number of aryl methyl sites for hydroxylation is 1. The van der Waals surface area contributed by atoms with Crippen molar-refractivity contribution >= 4 is 28.8 Å². The number of oxazole rings is 1. The van der Waals surface area contributed by atoms with Crippen LogP contribution in [0, 0.1) is 6.92 Å². The number of thioether (sulfide) groups is 1. The van der Waals surface area contributed by atoms with Gasteiger partial charge in [-0.15, -0.1) is 0 Å². The predicted molar refractivity (Wildman–Crippen MR) is 99.3 cm³/mol. The summed E-state index contributed by atoms with van der Waals surface area (Å²) in [7, 11) is 0. The average Bonchev–Trinajstić information content (AvgIpc) is 3.26. The molecule has 26 heavy (non-hydrogen) atoms. The Balaban J connectivity index is 1.30. The summed E-state index contributed by atoms with van der Waals surface area (Å²) in [5.41, 5.74) is 2.47. The van der Waals surface area contributed by atoms with E-state index < -0.39 is 0 Å². The van der Waals surface area contributed by atoms with Crippen LogP contribution < -0.4 is 4.74 Å². The van der Waals surface area contributed by atoms with Crippen molar-refractivity contribution in [3.05, 3.63) is 48.2 Å². The van der Waals surface area contributed by atoms with E-state index in [0.29, 0.717) is 29.9 Å². The predicted octanol–water partition coefficient (Wildman–Crippen LogP) is 3.30. The molecule has 7 heteroatoms. The minimum Gasteiger partial charge on any atom is -0.472 e. The van der Waals surface area contributed by atoms with Crippen molar-refractivity contribution in [1.82, 2.24) is 14.9 Å². The Kier molecular flexibility index (Phi) is 4.79. The Hall–Kier alpha value is -2.54. The van der Waals surface area contributed by atoms with Crippen LogP contribution in [0.2, 0.25) is 0 Å². The molecule has 1 fully saturated rings. The van der Waals surface area contributed by atoms with E-state index >= 15 is 0 Å². The molecule has 0 saturated carbocycles. The van der Waals surface area contributed by atoms with Crippen LogP contribution in [-0.2, 0) is 4.79 Å². The van der Waals surface area contributed by atoms with Gasteiger partial charge in [-0.25, -0.2) is 9.97 Å². The summed E-state index contributed by atoms with van der Waals surface area (Å²) >= 11 is 1.33. The van der Waals surface area contributed by atoms with Gasteiger partial charge in [0.2, 0.25) is 11.8 Å². The highest BCUT2D eigenvalue weighted by molar-refractivity contribution is 7.99. The first kappa shape index (κ1) is 16.9. The summed E-state index contributed by atoms with van der Waals surface area (Å²) in [6.45, 7) is 3.21. The topological polar surface area (TPSA) is 68.5 Å². The second-order valence-corrected chi connectivity index (χ2v) is 7.15. The number of para-hydroxylation sites is 2. The van der Waals surface area contributed by atoms with Crippen LogP contribution >= 0.6 is 11.8 Å². The van der Waals surface area contributed by atoms with Gasteiger partial charge in [0.1, 0.15) is 11.6 Å². The second-order valence-electron chi connectivity index (χ2n) is 6.22. The molecule has 0 N–H and O–H groups in total. The fourth-order valence-corrected chi connectivity index (χ4v) is 3.67. The van der Waals surface area contributed by atoms with Crippen LogP contribution in [0.25, 0.3) is 11.1 Å². The van der Waals surface area contributed by atoms with Crippen molar-refractivity contribution in [3.63, 3.8) is 0 Å². The molecular formula is C19H19N3O3S. The van der Waals surface area contributed by atoms with Gasteiger partial charge in [0.25, 0.3) is 5.22 Å². The first-order valence-corrected chi connectivity index (χ1v) is 9.52. The lowest BCUT2D eigenvalue weighted by Gasteiger charge is -2.16. The minimum atomic E-state index is -0.0115.